The highest BCUT2D eigenvalue weighted by Gasteiger charge is 2.43. The zero-order chi connectivity index (χ0) is 19.6. The second-order valence-corrected chi connectivity index (χ2v) is 10.5. The third kappa shape index (κ3) is 7.69. The van der Waals surface area contributed by atoms with Crippen molar-refractivity contribution in [3.8, 4) is 0 Å². The van der Waals surface area contributed by atoms with Crippen molar-refractivity contribution in [1.82, 2.24) is 0 Å². The lowest BCUT2D eigenvalue weighted by Crippen LogP contribution is -2.41. The lowest BCUT2D eigenvalue weighted by molar-refractivity contribution is 0.0313. The molecule has 0 aliphatic heterocycles. The number of hydrogen-bond acceptors (Lipinski definition) is 2. The minimum absolute atomic E-state index is 0.467. The summed E-state index contributed by atoms with van der Waals surface area (Å²) in [5.74, 6) is 0. The highest BCUT2D eigenvalue weighted by molar-refractivity contribution is 4.96. The number of rotatable bonds is 12. The van der Waals surface area contributed by atoms with Gasteiger partial charge in [0.25, 0.3) is 0 Å². The molecule has 2 rings (SSSR count). The molecule has 0 radical (unpaired) electrons. The van der Waals surface area contributed by atoms with Crippen molar-refractivity contribution in [1.29, 1.82) is 0 Å². The van der Waals surface area contributed by atoms with Crippen molar-refractivity contribution in [2.45, 2.75) is 148 Å². The minimum atomic E-state index is 0.467. The van der Waals surface area contributed by atoms with Crippen LogP contribution in [0.25, 0.3) is 0 Å². The van der Waals surface area contributed by atoms with Crippen LogP contribution in [0.5, 0.6) is 0 Å². The van der Waals surface area contributed by atoms with Gasteiger partial charge in [-0.15, -0.1) is 0 Å². The fraction of sp³-hybridized carbons (Fsp3) is 1.00. The quantitative estimate of drug-likeness (QED) is 0.356. The molecule has 27 heavy (non-hydrogen) atoms. The Bertz CT molecular complexity index is 340. The summed E-state index contributed by atoms with van der Waals surface area (Å²) in [6, 6.07) is 0.933. The molecule has 0 unspecified atom stereocenters. The van der Waals surface area contributed by atoms with Gasteiger partial charge in [-0.05, 0) is 81.5 Å². The first-order valence-corrected chi connectivity index (χ1v) is 12.5. The molecular formula is C25H50N2. The summed E-state index contributed by atoms with van der Waals surface area (Å²) >= 11 is 0. The highest BCUT2D eigenvalue weighted by atomic mass is 14.7. The van der Waals surface area contributed by atoms with Crippen LogP contribution >= 0.6 is 0 Å². The van der Waals surface area contributed by atoms with Crippen LogP contribution in [0.1, 0.15) is 136 Å². The van der Waals surface area contributed by atoms with Gasteiger partial charge in [-0.25, -0.2) is 0 Å². The average Bonchev–Trinajstić information content (AvgIpc) is 2.67. The molecule has 2 heteroatoms. The Hall–Kier alpha value is -0.0800. The van der Waals surface area contributed by atoms with Gasteiger partial charge in [-0.1, -0.05) is 65.2 Å². The van der Waals surface area contributed by atoms with E-state index in [0.717, 1.165) is 0 Å². The molecular weight excluding hydrogens is 328 g/mol. The van der Waals surface area contributed by atoms with Crippen LogP contribution in [0.15, 0.2) is 0 Å². The summed E-state index contributed by atoms with van der Waals surface area (Å²) in [5.41, 5.74) is 13.8. The van der Waals surface area contributed by atoms with E-state index in [1.165, 1.54) is 122 Å². The van der Waals surface area contributed by atoms with E-state index in [0.29, 0.717) is 22.9 Å². The molecule has 0 aromatic heterocycles. The lowest BCUT2D eigenvalue weighted by Gasteiger charge is -2.49. The maximum Gasteiger partial charge on any atom is 0.00392 e. The van der Waals surface area contributed by atoms with E-state index in [-0.39, 0.29) is 0 Å². The maximum absolute atomic E-state index is 6.31. The van der Waals surface area contributed by atoms with Gasteiger partial charge in [-0.2, -0.15) is 0 Å². The van der Waals surface area contributed by atoms with E-state index in [1.807, 2.05) is 0 Å². The van der Waals surface area contributed by atoms with Gasteiger partial charge in [-0.3, -0.25) is 0 Å². The normalized spacial score (nSPS) is 34.7. The van der Waals surface area contributed by atoms with Crippen molar-refractivity contribution < 1.29 is 0 Å². The Morgan fingerprint density at radius 3 is 1.30 bits per heavy atom. The Morgan fingerprint density at radius 2 is 0.963 bits per heavy atom. The number of nitrogens with two attached hydrogens (primary N) is 2. The van der Waals surface area contributed by atoms with E-state index >= 15 is 0 Å². The first-order valence-electron chi connectivity index (χ1n) is 12.5. The van der Waals surface area contributed by atoms with Crippen LogP contribution in [-0.4, -0.2) is 12.1 Å². The first-order chi connectivity index (χ1) is 13.0. The van der Waals surface area contributed by atoms with Crippen LogP contribution in [0.2, 0.25) is 0 Å². The van der Waals surface area contributed by atoms with Crippen molar-refractivity contribution >= 4 is 0 Å². The Morgan fingerprint density at radius 1 is 0.593 bits per heavy atom. The van der Waals surface area contributed by atoms with Gasteiger partial charge in [0.2, 0.25) is 0 Å². The summed E-state index contributed by atoms with van der Waals surface area (Å²) in [6.45, 7) is 4.65. The van der Waals surface area contributed by atoms with Gasteiger partial charge in [0.1, 0.15) is 0 Å². The van der Waals surface area contributed by atoms with Crippen LogP contribution in [0, 0.1) is 10.8 Å². The molecule has 4 N–H and O–H groups in total. The topological polar surface area (TPSA) is 52.0 Å². The summed E-state index contributed by atoms with van der Waals surface area (Å²) in [4.78, 5) is 0. The molecule has 0 heterocycles. The molecule has 0 atom stereocenters. The third-order valence-electron chi connectivity index (χ3n) is 8.05. The first kappa shape index (κ1) is 23.2. The standard InChI is InChI=1S/C25H50N2/c1-3-5-7-9-15-24(17-11-22(26)12-18-24)21-25(16-10-8-6-4-2)19-13-23(27)14-20-25/h22-23H,3-21,26-27H2,1-2H3. The molecule has 0 aromatic rings. The molecule has 2 saturated carbocycles. The Balaban J connectivity index is 2.03. The van der Waals surface area contributed by atoms with Gasteiger partial charge < -0.3 is 11.5 Å². The van der Waals surface area contributed by atoms with Crippen LogP contribution in [0.4, 0.5) is 0 Å². The molecule has 0 saturated heterocycles. The van der Waals surface area contributed by atoms with Crippen molar-refractivity contribution in [2.24, 2.45) is 22.3 Å². The van der Waals surface area contributed by atoms with Gasteiger partial charge >= 0.3 is 0 Å². The second kappa shape index (κ2) is 11.8. The lowest BCUT2D eigenvalue weighted by atomic mass is 9.57. The predicted octanol–water partition coefficient (Wildman–Crippen LogP) is 7.09. The molecule has 0 spiro atoms. The largest absolute Gasteiger partial charge is 0.328 e. The molecule has 0 aromatic carbocycles. The monoisotopic (exact) mass is 378 g/mol. The molecule has 160 valence electrons. The predicted molar refractivity (Wildman–Crippen MR) is 120 cm³/mol. The third-order valence-corrected chi connectivity index (χ3v) is 8.05. The smallest absolute Gasteiger partial charge is 0.00392 e. The maximum atomic E-state index is 6.31. The average molecular weight is 379 g/mol. The molecule has 2 aliphatic rings. The SMILES string of the molecule is CCCCCCC1(CC2(CCCCCC)CCC(N)CC2)CCC(N)CC1. The van der Waals surface area contributed by atoms with Crippen LogP contribution in [0.3, 0.4) is 0 Å². The van der Waals surface area contributed by atoms with Crippen LogP contribution in [-0.2, 0) is 0 Å². The highest BCUT2D eigenvalue weighted by Crippen LogP contribution is 2.54. The van der Waals surface area contributed by atoms with E-state index in [2.05, 4.69) is 13.8 Å². The summed E-state index contributed by atoms with van der Waals surface area (Å²) in [5, 5.41) is 0. The fourth-order valence-electron chi connectivity index (χ4n) is 6.18. The van der Waals surface area contributed by atoms with Gasteiger partial charge in [0.15, 0.2) is 0 Å². The molecule has 2 aliphatic carbocycles. The second-order valence-electron chi connectivity index (χ2n) is 10.5. The summed E-state index contributed by atoms with van der Waals surface area (Å²) in [6.07, 6.45) is 26.3. The van der Waals surface area contributed by atoms with E-state index in [9.17, 15) is 0 Å². The number of unbranched alkanes of at least 4 members (excludes halogenated alkanes) is 6. The van der Waals surface area contributed by atoms with Crippen molar-refractivity contribution in [3.63, 3.8) is 0 Å². The molecule has 2 nitrogen and oxygen atoms in total. The number of hydrogen-bond donors (Lipinski definition) is 2. The molecule has 2 fully saturated rings. The van der Waals surface area contributed by atoms with Crippen LogP contribution < -0.4 is 11.5 Å². The van der Waals surface area contributed by atoms with E-state index in [4.69, 9.17) is 11.5 Å². The minimum Gasteiger partial charge on any atom is -0.328 e. The van der Waals surface area contributed by atoms with Gasteiger partial charge in [0.05, 0.1) is 0 Å². The fourth-order valence-corrected chi connectivity index (χ4v) is 6.18. The zero-order valence-electron chi connectivity index (χ0n) is 18.7. The van der Waals surface area contributed by atoms with E-state index < -0.39 is 0 Å². The molecule has 0 amide bonds. The summed E-state index contributed by atoms with van der Waals surface area (Å²) in [7, 11) is 0. The summed E-state index contributed by atoms with van der Waals surface area (Å²) < 4.78 is 0. The zero-order valence-corrected chi connectivity index (χ0v) is 18.7. The Kier molecular flexibility index (Phi) is 10.1. The van der Waals surface area contributed by atoms with Crippen molar-refractivity contribution in [2.75, 3.05) is 0 Å². The van der Waals surface area contributed by atoms with Crippen molar-refractivity contribution in [3.05, 3.63) is 0 Å². The molecule has 0 bridgehead atoms. The van der Waals surface area contributed by atoms with E-state index in [1.54, 1.807) is 0 Å². The Labute approximate surface area is 170 Å². The van der Waals surface area contributed by atoms with Gasteiger partial charge in [0, 0.05) is 12.1 Å².